The molecule has 1 aliphatic heterocycles. The molecule has 1 aliphatic rings. The number of nitrogens with zero attached hydrogens (tertiary/aromatic N) is 2. The lowest BCUT2D eigenvalue weighted by molar-refractivity contribution is 0.166. The van der Waals surface area contributed by atoms with E-state index in [1.807, 2.05) is 18.2 Å². The quantitative estimate of drug-likeness (QED) is 0.445. The van der Waals surface area contributed by atoms with Crippen molar-refractivity contribution in [2.45, 2.75) is 45.7 Å². The van der Waals surface area contributed by atoms with Gasteiger partial charge in [0, 0.05) is 36.4 Å². The lowest BCUT2D eigenvalue weighted by atomic mass is 9.77. The first-order chi connectivity index (χ1) is 12.6. The molecule has 2 atom stereocenters. The van der Waals surface area contributed by atoms with Crippen molar-refractivity contribution in [2.24, 2.45) is 5.41 Å². The number of hydrogen-bond donors (Lipinski definition) is 1. The zero-order valence-electron chi connectivity index (χ0n) is 16.5. The minimum Gasteiger partial charge on any atom is -0.434 e. The molecule has 1 aromatic carbocycles. The molecule has 0 saturated carbocycles. The van der Waals surface area contributed by atoms with Crippen LogP contribution < -0.4 is 10.2 Å². The van der Waals surface area contributed by atoms with Gasteiger partial charge in [-0.05, 0) is 50.4 Å². The summed E-state index contributed by atoms with van der Waals surface area (Å²) in [4.78, 5) is 12.1. The van der Waals surface area contributed by atoms with Gasteiger partial charge in [-0.3, -0.25) is 0 Å². The van der Waals surface area contributed by atoms with Crippen LogP contribution in [-0.4, -0.2) is 36.7 Å². The minimum atomic E-state index is -0.873. The highest BCUT2D eigenvalue weighted by atomic mass is 35.5. The average Bonchev–Trinajstić information content (AvgIpc) is 2.56. The first kappa shape index (κ1) is 27.1. The van der Waals surface area contributed by atoms with Crippen LogP contribution >= 0.6 is 47.2 Å². The van der Waals surface area contributed by atoms with Gasteiger partial charge in [-0.15, -0.1) is 12.4 Å². The summed E-state index contributed by atoms with van der Waals surface area (Å²) < 4.78 is 4.14. The molecule has 2 unspecified atom stereocenters. The summed E-state index contributed by atoms with van der Waals surface area (Å²) in [6.07, 6.45) is 1.16. The van der Waals surface area contributed by atoms with E-state index in [0.29, 0.717) is 16.6 Å². The molecule has 5 nitrogen and oxygen atoms in total. The number of carbonyl (C=O) groups is 1. The van der Waals surface area contributed by atoms with Gasteiger partial charge in [0.15, 0.2) is 5.56 Å². The second-order valence-corrected chi connectivity index (χ2v) is 8.25. The number of piperidine rings is 1. The predicted molar refractivity (Wildman–Crippen MR) is 119 cm³/mol. The van der Waals surface area contributed by atoms with Crippen molar-refractivity contribution in [3.05, 3.63) is 28.8 Å². The van der Waals surface area contributed by atoms with Crippen molar-refractivity contribution in [1.29, 1.82) is 5.26 Å². The summed E-state index contributed by atoms with van der Waals surface area (Å²) in [7, 11) is 0. The molecular formula is C19H27Cl4N3O2. The SMILES string of the molecule is CC(Cl)OC(=O)Cl.CCN(c1ccc(C#N)c(Cl)c1)C1CNCCC1(C)C.Cl. The summed E-state index contributed by atoms with van der Waals surface area (Å²) in [5.74, 6) is 0. The summed E-state index contributed by atoms with van der Waals surface area (Å²) in [5.41, 5.74) is 0.389. The number of nitrogens with one attached hydrogen (secondary N) is 1. The molecule has 0 spiro atoms. The molecule has 9 heteroatoms. The highest BCUT2D eigenvalue weighted by Gasteiger charge is 2.36. The molecule has 1 N–H and O–H groups in total. The molecule has 1 heterocycles. The van der Waals surface area contributed by atoms with Gasteiger partial charge in [0.2, 0.25) is 0 Å². The first-order valence-corrected chi connectivity index (χ1v) is 9.98. The Kier molecular flexibility index (Phi) is 12.2. The third-order valence-corrected chi connectivity index (χ3v) is 5.05. The van der Waals surface area contributed by atoms with Crippen LogP contribution in [0.25, 0.3) is 0 Å². The molecule has 1 fully saturated rings. The molecule has 28 heavy (non-hydrogen) atoms. The fourth-order valence-corrected chi connectivity index (χ4v) is 3.59. The van der Waals surface area contributed by atoms with Crippen LogP contribution in [0.5, 0.6) is 0 Å². The predicted octanol–water partition coefficient (Wildman–Crippen LogP) is 5.79. The van der Waals surface area contributed by atoms with Gasteiger partial charge in [0.05, 0.1) is 10.6 Å². The lowest BCUT2D eigenvalue weighted by Crippen LogP contribution is -2.55. The van der Waals surface area contributed by atoms with Crippen LogP contribution in [0.3, 0.4) is 0 Å². The van der Waals surface area contributed by atoms with Gasteiger partial charge >= 0.3 is 5.43 Å². The van der Waals surface area contributed by atoms with Crippen molar-refractivity contribution in [1.82, 2.24) is 5.32 Å². The molecule has 0 bridgehead atoms. The topological polar surface area (TPSA) is 65.4 Å². The van der Waals surface area contributed by atoms with E-state index in [1.54, 1.807) is 0 Å². The zero-order chi connectivity index (χ0) is 20.6. The second-order valence-electron chi connectivity index (χ2n) is 6.92. The monoisotopic (exact) mass is 469 g/mol. The molecule has 2 rings (SSSR count). The lowest BCUT2D eigenvalue weighted by Gasteiger charge is -2.46. The fourth-order valence-electron chi connectivity index (χ4n) is 3.11. The zero-order valence-corrected chi connectivity index (χ0v) is 19.6. The number of carbonyl (C=O) groups excluding carboxylic acids is 1. The summed E-state index contributed by atoms with van der Waals surface area (Å²) in [6.45, 7) is 11.3. The molecular weight excluding hydrogens is 444 g/mol. The maximum atomic E-state index is 9.71. The Morgan fingerprint density at radius 1 is 1.50 bits per heavy atom. The van der Waals surface area contributed by atoms with Crippen LogP contribution in [0.2, 0.25) is 5.02 Å². The molecule has 0 amide bonds. The third kappa shape index (κ3) is 8.23. The van der Waals surface area contributed by atoms with E-state index in [1.165, 1.54) is 6.92 Å². The smallest absolute Gasteiger partial charge is 0.405 e. The number of anilines is 1. The third-order valence-electron chi connectivity index (χ3n) is 4.56. The van der Waals surface area contributed by atoms with Crippen molar-refractivity contribution >= 4 is 58.3 Å². The normalized spacial score (nSPS) is 18.4. The largest absolute Gasteiger partial charge is 0.434 e. The Hall–Kier alpha value is -0.900. The van der Waals surface area contributed by atoms with Crippen molar-refractivity contribution in [3.63, 3.8) is 0 Å². The van der Waals surface area contributed by atoms with Crippen LogP contribution in [0.1, 0.15) is 39.7 Å². The Morgan fingerprint density at radius 2 is 2.14 bits per heavy atom. The maximum Gasteiger partial charge on any atom is 0.405 e. The minimum absolute atomic E-state index is 0. The Bertz CT molecular complexity index is 678. The Morgan fingerprint density at radius 3 is 2.54 bits per heavy atom. The van der Waals surface area contributed by atoms with Gasteiger partial charge in [0.1, 0.15) is 6.07 Å². The molecule has 1 aromatic rings. The van der Waals surface area contributed by atoms with Crippen molar-refractivity contribution < 1.29 is 9.53 Å². The molecule has 0 aromatic heterocycles. The van der Waals surface area contributed by atoms with Crippen molar-refractivity contribution in [3.8, 4) is 6.07 Å². The maximum absolute atomic E-state index is 9.71. The van der Waals surface area contributed by atoms with E-state index < -0.39 is 11.0 Å². The van der Waals surface area contributed by atoms with E-state index in [4.69, 9.17) is 40.1 Å². The number of likely N-dealkylation sites (N-methyl/N-ethyl adjacent to an activating group) is 1. The van der Waals surface area contributed by atoms with E-state index in [-0.39, 0.29) is 17.8 Å². The Balaban J connectivity index is 0.000000786. The number of ether oxygens (including phenoxy) is 1. The average molecular weight is 471 g/mol. The van der Waals surface area contributed by atoms with Crippen LogP contribution in [0, 0.1) is 16.7 Å². The molecule has 0 aliphatic carbocycles. The number of benzene rings is 1. The summed E-state index contributed by atoms with van der Waals surface area (Å²) in [5, 5.41) is 13.0. The first-order valence-electron chi connectivity index (χ1n) is 8.79. The summed E-state index contributed by atoms with van der Waals surface area (Å²) >= 11 is 16.0. The van der Waals surface area contributed by atoms with Crippen LogP contribution in [-0.2, 0) is 4.74 Å². The second kappa shape index (κ2) is 12.6. The molecule has 1 saturated heterocycles. The fraction of sp³-hybridized carbons (Fsp3) is 0.579. The van der Waals surface area contributed by atoms with Gasteiger partial charge in [0.25, 0.3) is 0 Å². The van der Waals surface area contributed by atoms with E-state index >= 15 is 0 Å². The van der Waals surface area contributed by atoms with Crippen molar-refractivity contribution in [2.75, 3.05) is 24.5 Å². The van der Waals surface area contributed by atoms with Gasteiger partial charge in [-0.2, -0.15) is 5.26 Å². The van der Waals surface area contributed by atoms with Crippen LogP contribution in [0.15, 0.2) is 18.2 Å². The Labute approximate surface area is 188 Å². The number of alkyl halides is 1. The van der Waals surface area contributed by atoms with E-state index in [2.05, 4.69) is 41.8 Å². The van der Waals surface area contributed by atoms with Gasteiger partial charge < -0.3 is 15.0 Å². The number of halogens is 4. The number of nitriles is 1. The standard InChI is InChI=1S/C16H22ClN3.C3H4Cl2O2.ClH/c1-4-20(15-11-19-8-7-16(15,2)3)13-6-5-12(10-18)14(17)9-13;1-2(4)7-3(5)6;/h5-6,9,15,19H,4,7-8,11H2,1-3H3;2H,1H3;1H. The highest BCUT2D eigenvalue weighted by molar-refractivity contribution is 6.61. The summed E-state index contributed by atoms with van der Waals surface area (Å²) in [6, 6.07) is 8.27. The molecule has 158 valence electrons. The number of rotatable bonds is 4. The van der Waals surface area contributed by atoms with Crippen LogP contribution in [0.4, 0.5) is 10.5 Å². The highest BCUT2D eigenvalue weighted by Crippen LogP contribution is 2.34. The molecule has 0 radical (unpaired) electrons. The van der Waals surface area contributed by atoms with E-state index in [9.17, 15) is 4.79 Å². The van der Waals surface area contributed by atoms with E-state index in [0.717, 1.165) is 31.7 Å². The number of hydrogen-bond acceptors (Lipinski definition) is 5. The van der Waals surface area contributed by atoms with Gasteiger partial charge in [-0.25, -0.2) is 4.79 Å². The van der Waals surface area contributed by atoms with Gasteiger partial charge in [-0.1, -0.05) is 37.0 Å².